The molecule has 0 aromatic heterocycles. The Kier molecular flexibility index (Phi) is 7.42. The highest BCUT2D eigenvalue weighted by atomic mass is 16.6. The van der Waals surface area contributed by atoms with Gasteiger partial charge in [-0.2, -0.15) is 0 Å². The van der Waals surface area contributed by atoms with Gasteiger partial charge in [-0.25, -0.2) is 4.79 Å². The number of aliphatic hydroxyl groups is 3. The maximum atomic E-state index is 14.1. The molecule has 0 fully saturated rings. The number of Topliss-reactive ketones (excluding diaryl/α,β-unsaturated/α-hetero) is 2. The average Bonchev–Trinajstić information content (AvgIpc) is 2.93. The molecule has 2 amide bonds. The third-order valence-corrected chi connectivity index (χ3v) is 8.65. The van der Waals surface area contributed by atoms with Gasteiger partial charge in [0.05, 0.1) is 17.3 Å². The van der Waals surface area contributed by atoms with Crippen LogP contribution in [0.2, 0.25) is 0 Å². The number of ether oxygens (including phenoxy) is 1. The van der Waals surface area contributed by atoms with Gasteiger partial charge in [-0.05, 0) is 63.5 Å². The van der Waals surface area contributed by atoms with E-state index in [1.165, 1.54) is 11.0 Å². The average molecular weight is 607 g/mol. The van der Waals surface area contributed by atoms with Gasteiger partial charge in [0, 0.05) is 31.3 Å². The molecule has 5 rings (SSSR count). The lowest BCUT2D eigenvalue weighted by Gasteiger charge is -2.50. The van der Waals surface area contributed by atoms with Gasteiger partial charge in [-0.3, -0.25) is 24.6 Å². The highest BCUT2D eigenvalue weighted by Crippen LogP contribution is 2.54. The van der Waals surface area contributed by atoms with Crippen LogP contribution in [0.15, 0.2) is 53.0 Å². The number of allylic oxidation sites excluding steroid dienone is 1. The Morgan fingerprint density at radius 1 is 1.07 bits per heavy atom. The number of aliphatic hydroxyl groups excluding tert-OH is 2. The monoisotopic (exact) mass is 606 g/mol. The summed E-state index contributed by atoms with van der Waals surface area (Å²) in [6, 6.07) is 7.10. The lowest BCUT2D eigenvalue weighted by atomic mass is 9.58. The Morgan fingerprint density at radius 3 is 2.27 bits per heavy atom. The van der Waals surface area contributed by atoms with E-state index in [1.807, 2.05) is 6.92 Å². The molecule has 3 aliphatic rings. The molecule has 4 atom stereocenters. The topological polar surface area (TPSA) is 203 Å². The van der Waals surface area contributed by atoms with E-state index in [2.05, 4.69) is 5.32 Å². The first kappa shape index (κ1) is 30.6. The Labute approximate surface area is 252 Å². The van der Waals surface area contributed by atoms with Crippen LogP contribution < -0.4 is 20.7 Å². The van der Waals surface area contributed by atoms with Crippen molar-refractivity contribution >= 4 is 34.9 Å². The van der Waals surface area contributed by atoms with Gasteiger partial charge >= 0.3 is 6.09 Å². The van der Waals surface area contributed by atoms with Gasteiger partial charge in [0.15, 0.2) is 17.1 Å². The van der Waals surface area contributed by atoms with E-state index < -0.39 is 69.9 Å². The molecule has 2 aromatic carbocycles. The number of fused-ring (bicyclic) bond motifs is 3. The fourth-order valence-corrected chi connectivity index (χ4v) is 6.64. The molecule has 7 N–H and O–H groups in total. The first-order valence-corrected chi connectivity index (χ1v) is 13.9. The number of anilines is 2. The number of amides is 2. The Bertz CT molecular complexity index is 1680. The van der Waals surface area contributed by atoms with Crippen molar-refractivity contribution in [1.29, 1.82) is 0 Å². The van der Waals surface area contributed by atoms with Gasteiger partial charge in [0.2, 0.25) is 5.78 Å². The minimum atomic E-state index is -2.75. The smallest absolute Gasteiger partial charge is 0.417 e. The molecule has 0 heterocycles. The number of primary amides is 1. The summed E-state index contributed by atoms with van der Waals surface area (Å²) in [7, 11) is 6.55. The molecule has 0 aliphatic heterocycles. The Balaban J connectivity index is 1.62. The number of ketones is 2. The predicted octanol–water partition coefficient (Wildman–Crippen LogP) is 2.11. The molecule has 0 bridgehead atoms. The van der Waals surface area contributed by atoms with Crippen LogP contribution >= 0.6 is 0 Å². The van der Waals surface area contributed by atoms with Crippen LogP contribution in [0.4, 0.5) is 16.2 Å². The predicted molar refractivity (Wildman–Crippen MR) is 159 cm³/mol. The Morgan fingerprint density at radius 2 is 1.70 bits per heavy atom. The number of rotatable bonds is 5. The second kappa shape index (κ2) is 10.7. The van der Waals surface area contributed by atoms with Crippen molar-refractivity contribution in [1.82, 2.24) is 4.90 Å². The lowest BCUT2D eigenvalue weighted by molar-refractivity contribution is -0.148. The van der Waals surface area contributed by atoms with Crippen LogP contribution in [0.25, 0.3) is 0 Å². The van der Waals surface area contributed by atoms with Gasteiger partial charge < -0.3 is 35.8 Å². The van der Waals surface area contributed by atoms with Crippen LogP contribution in [0.3, 0.4) is 0 Å². The molecule has 13 nitrogen and oxygen atoms in total. The number of benzene rings is 2. The molecular weight excluding hydrogens is 572 g/mol. The summed E-state index contributed by atoms with van der Waals surface area (Å²) in [6.07, 6.45) is -0.869. The van der Waals surface area contributed by atoms with Crippen molar-refractivity contribution in [2.75, 3.05) is 38.4 Å². The van der Waals surface area contributed by atoms with E-state index in [0.717, 1.165) is 5.56 Å². The van der Waals surface area contributed by atoms with Gasteiger partial charge in [-0.1, -0.05) is 17.7 Å². The van der Waals surface area contributed by atoms with E-state index in [0.29, 0.717) is 11.3 Å². The number of nitrogens with one attached hydrogen (secondary N) is 1. The summed E-state index contributed by atoms with van der Waals surface area (Å²) >= 11 is 0. The SMILES string of the molecule is Cc1ccc(OC(=O)Nc2cc(N(C)C)c3c(c2O)C(=O)C2=C(O)C4(O)C(=O)C(C(N)=O)=C(O)C(N(C)C)C4CC2C3)cc1. The zero-order chi connectivity index (χ0) is 32.4. The van der Waals surface area contributed by atoms with Gasteiger partial charge in [0.1, 0.15) is 22.8 Å². The second-order valence-corrected chi connectivity index (χ2v) is 11.8. The van der Waals surface area contributed by atoms with E-state index >= 15 is 0 Å². The minimum absolute atomic E-state index is 0.0394. The van der Waals surface area contributed by atoms with Crippen molar-refractivity contribution in [3.63, 3.8) is 0 Å². The third kappa shape index (κ3) is 4.55. The minimum Gasteiger partial charge on any atom is -0.510 e. The summed E-state index contributed by atoms with van der Waals surface area (Å²) in [5.74, 6) is -7.31. The maximum Gasteiger partial charge on any atom is 0.417 e. The zero-order valence-electron chi connectivity index (χ0n) is 24.8. The van der Waals surface area contributed by atoms with E-state index in [4.69, 9.17) is 10.5 Å². The molecular formula is C31H34N4O9. The summed E-state index contributed by atoms with van der Waals surface area (Å²) in [5.41, 5.74) is 2.93. The van der Waals surface area contributed by atoms with Crippen LogP contribution in [-0.4, -0.2) is 88.7 Å². The fourth-order valence-electron chi connectivity index (χ4n) is 6.64. The number of carbonyl (C=O) groups excluding carboxylic acids is 4. The molecule has 4 unspecified atom stereocenters. The number of aryl methyl sites for hydroxylation is 1. The number of phenolic OH excluding ortho intramolecular Hbond substituents is 1. The summed E-state index contributed by atoms with van der Waals surface area (Å²) in [4.78, 5) is 55.7. The maximum absolute atomic E-state index is 14.1. The van der Waals surface area contributed by atoms with E-state index in [-0.39, 0.29) is 35.4 Å². The lowest BCUT2D eigenvalue weighted by Crippen LogP contribution is -2.63. The number of nitrogens with two attached hydrogens (primary N) is 1. The first-order chi connectivity index (χ1) is 20.6. The molecule has 13 heteroatoms. The zero-order valence-corrected chi connectivity index (χ0v) is 24.8. The number of hydrogen-bond donors (Lipinski definition) is 6. The number of phenols is 1. The van der Waals surface area contributed by atoms with Crippen LogP contribution in [-0.2, 0) is 16.0 Å². The second-order valence-electron chi connectivity index (χ2n) is 11.8. The Hall–Kier alpha value is -4.88. The highest BCUT2D eigenvalue weighted by molar-refractivity contribution is 6.25. The van der Waals surface area contributed by atoms with Crippen LogP contribution in [0.1, 0.15) is 27.9 Å². The molecule has 0 saturated heterocycles. The first-order valence-electron chi connectivity index (χ1n) is 13.9. The van der Waals surface area contributed by atoms with Crippen LogP contribution in [0, 0.1) is 18.8 Å². The van der Waals surface area contributed by atoms with Crippen molar-refractivity contribution < 1.29 is 44.3 Å². The molecule has 0 spiro atoms. The van der Waals surface area contributed by atoms with Gasteiger partial charge in [-0.15, -0.1) is 0 Å². The number of aromatic hydroxyl groups is 1. The fraction of sp³-hybridized carbons (Fsp3) is 0.355. The van der Waals surface area contributed by atoms with E-state index in [9.17, 15) is 39.6 Å². The number of hydrogen-bond acceptors (Lipinski definition) is 11. The summed E-state index contributed by atoms with van der Waals surface area (Å²) in [6.45, 7) is 1.87. The molecule has 3 aliphatic carbocycles. The van der Waals surface area contributed by atoms with Crippen molar-refractivity contribution in [2.45, 2.75) is 31.4 Å². The normalized spacial score (nSPS) is 24.5. The molecule has 232 valence electrons. The number of nitrogens with zero attached hydrogens (tertiary/aromatic N) is 2. The molecule has 44 heavy (non-hydrogen) atoms. The van der Waals surface area contributed by atoms with Crippen molar-refractivity contribution in [3.8, 4) is 11.5 Å². The number of likely N-dealkylation sites (N-methyl/N-ethyl adjacent to an activating group) is 1. The van der Waals surface area contributed by atoms with Crippen molar-refractivity contribution in [3.05, 3.63) is 69.7 Å². The third-order valence-electron chi connectivity index (χ3n) is 8.65. The van der Waals surface area contributed by atoms with Crippen molar-refractivity contribution in [2.24, 2.45) is 17.6 Å². The largest absolute Gasteiger partial charge is 0.510 e. The molecule has 0 radical (unpaired) electrons. The number of carbonyl (C=O) groups is 4. The summed E-state index contributed by atoms with van der Waals surface area (Å²) in [5, 5.41) is 48.0. The highest BCUT2D eigenvalue weighted by Gasteiger charge is 2.63. The van der Waals surface area contributed by atoms with Gasteiger partial charge in [0.25, 0.3) is 5.91 Å². The quantitative estimate of drug-likeness (QED) is 0.215. The molecule has 2 aromatic rings. The van der Waals surface area contributed by atoms with E-state index in [1.54, 1.807) is 57.4 Å². The standard InChI is InChI=1S/C31H34N4O9/c1-13-6-8-15(9-7-13)44-30(42)33-18-12-19(34(2)3)16-10-14-11-17-23(35(4)5)26(38)22(29(32)41)28(40)31(17,43)27(39)20(14)25(37)21(16)24(18)36/h6-9,12,14,17,23,36,38-39,43H,10-11H2,1-5H3,(H2,32,41)(H,33,42). The molecule has 0 saturated carbocycles. The summed E-state index contributed by atoms with van der Waals surface area (Å²) < 4.78 is 5.31. The van der Waals surface area contributed by atoms with Crippen LogP contribution in [0.5, 0.6) is 11.5 Å².